The number of benzene rings is 2. The molecule has 0 saturated heterocycles. The largest absolute Gasteiger partial charge is 0.481 e. The van der Waals surface area contributed by atoms with Crippen LogP contribution in [0.2, 0.25) is 0 Å². The molecule has 2 aromatic rings. The van der Waals surface area contributed by atoms with Crippen molar-refractivity contribution in [3.63, 3.8) is 0 Å². The molecule has 1 amide bonds. The van der Waals surface area contributed by atoms with Crippen LogP contribution in [0.15, 0.2) is 48.6 Å². The summed E-state index contributed by atoms with van der Waals surface area (Å²) >= 11 is 0. The summed E-state index contributed by atoms with van der Waals surface area (Å²) in [6.45, 7) is 7.18. The first kappa shape index (κ1) is 17.5. The van der Waals surface area contributed by atoms with E-state index in [9.17, 15) is 9.59 Å². The summed E-state index contributed by atoms with van der Waals surface area (Å²) in [4.78, 5) is 23.0. The van der Waals surface area contributed by atoms with Crippen LogP contribution >= 0.6 is 0 Å². The van der Waals surface area contributed by atoms with Gasteiger partial charge in [-0.25, -0.2) is 4.79 Å². The molecule has 0 fully saturated rings. The zero-order chi connectivity index (χ0) is 17.7. The number of hydrogen-bond donors (Lipinski definition) is 2. The number of allylic oxidation sites excluding steroid dienone is 1. The summed E-state index contributed by atoms with van der Waals surface area (Å²) in [5.74, 6) is -0.822. The number of rotatable bonds is 7. The molecule has 24 heavy (non-hydrogen) atoms. The smallest absolute Gasteiger partial charge is 0.341 e. The van der Waals surface area contributed by atoms with Crippen molar-refractivity contribution >= 4 is 28.3 Å². The molecule has 0 spiro atoms. The van der Waals surface area contributed by atoms with E-state index in [1.807, 2.05) is 38.1 Å². The number of amides is 1. The molecule has 0 bridgehead atoms. The number of carboxylic acids is 1. The van der Waals surface area contributed by atoms with Crippen molar-refractivity contribution in [3.05, 3.63) is 48.6 Å². The Morgan fingerprint density at radius 1 is 1.21 bits per heavy atom. The summed E-state index contributed by atoms with van der Waals surface area (Å²) in [7, 11) is 0. The summed E-state index contributed by atoms with van der Waals surface area (Å²) in [6.07, 6.45) is 0.629. The third kappa shape index (κ3) is 4.35. The standard InChI is InChI=1S/C19H21NO4/c1-12(2)10-13(3)19(23)20-16-8-9-17(24-11-18(21)22)15-7-5-4-6-14(15)16/h4-9,13H,1,10-11H2,2-3H3,(H,20,23)(H,21,22). The van der Waals surface area contributed by atoms with Gasteiger partial charge in [0.2, 0.25) is 5.91 Å². The highest BCUT2D eigenvalue weighted by Gasteiger charge is 2.15. The van der Waals surface area contributed by atoms with E-state index in [-0.39, 0.29) is 11.8 Å². The van der Waals surface area contributed by atoms with E-state index >= 15 is 0 Å². The fourth-order valence-corrected chi connectivity index (χ4v) is 2.52. The molecule has 0 radical (unpaired) electrons. The second-order valence-corrected chi connectivity index (χ2v) is 5.89. The van der Waals surface area contributed by atoms with E-state index in [0.717, 1.165) is 16.3 Å². The van der Waals surface area contributed by atoms with Crippen LogP contribution in [0.3, 0.4) is 0 Å². The van der Waals surface area contributed by atoms with Gasteiger partial charge in [0.1, 0.15) is 5.75 Å². The van der Waals surface area contributed by atoms with Gasteiger partial charge in [-0.3, -0.25) is 4.79 Å². The summed E-state index contributed by atoms with van der Waals surface area (Å²) in [6, 6.07) is 10.8. The van der Waals surface area contributed by atoms with Gasteiger partial charge in [0.15, 0.2) is 6.61 Å². The maximum absolute atomic E-state index is 12.3. The first-order chi connectivity index (χ1) is 11.4. The lowest BCUT2D eigenvalue weighted by Gasteiger charge is -2.15. The van der Waals surface area contributed by atoms with Crippen LogP contribution in [0.1, 0.15) is 20.3 Å². The van der Waals surface area contributed by atoms with Gasteiger partial charge in [0.25, 0.3) is 0 Å². The molecule has 2 rings (SSSR count). The molecule has 0 aromatic heterocycles. The van der Waals surface area contributed by atoms with Gasteiger partial charge in [-0.2, -0.15) is 0 Å². The third-order valence-corrected chi connectivity index (χ3v) is 3.60. The number of anilines is 1. The van der Waals surface area contributed by atoms with Gasteiger partial charge >= 0.3 is 5.97 Å². The lowest BCUT2D eigenvalue weighted by atomic mass is 10.0. The fraction of sp³-hybridized carbons (Fsp3) is 0.263. The molecule has 0 aliphatic heterocycles. The Morgan fingerprint density at radius 2 is 1.88 bits per heavy atom. The van der Waals surface area contributed by atoms with E-state index < -0.39 is 12.6 Å². The molecule has 1 atom stereocenters. The lowest BCUT2D eigenvalue weighted by Crippen LogP contribution is -2.20. The van der Waals surface area contributed by atoms with E-state index in [2.05, 4.69) is 11.9 Å². The highest BCUT2D eigenvalue weighted by molar-refractivity contribution is 6.04. The van der Waals surface area contributed by atoms with E-state index in [4.69, 9.17) is 9.84 Å². The first-order valence-corrected chi connectivity index (χ1v) is 7.70. The predicted molar refractivity (Wildman–Crippen MR) is 94.3 cm³/mol. The average molecular weight is 327 g/mol. The molecule has 0 aliphatic rings. The maximum atomic E-state index is 12.3. The number of carbonyl (C=O) groups is 2. The Balaban J connectivity index is 2.29. The Hall–Kier alpha value is -2.82. The minimum Gasteiger partial charge on any atom is -0.481 e. The second-order valence-electron chi connectivity index (χ2n) is 5.89. The third-order valence-electron chi connectivity index (χ3n) is 3.60. The van der Waals surface area contributed by atoms with Crippen LogP contribution in [0, 0.1) is 5.92 Å². The molecule has 2 N–H and O–H groups in total. The summed E-state index contributed by atoms with van der Waals surface area (Å²) < 4.78 is 5.32. The molecular weight excluding hydrogens is 306 g/mol. The number of ether oxygens (including phenoxy) is 1. The van der Waals surface area contributed by atoms with Gasteiger partial charge in [0, 0.05) is 22.4 Å². The molecule has 5 heteroatoms. The molecular formula is C19H21NO4. The molecule has 2 aromatic carbocycles. The molecule has 0 aliphatic carbocycles. The van der Waals surface area contributed by atoms with E-state index in [1.54, 1.807) is 12.1 Å². The summed E-state index contributed by atoms with van der Waals surface area (Å²) in [5.41, 5.74) is 1.63. The van der Waals surface area contributed by atoms with Crippen molar-refractivity contribution in [2.75, 3.05) is 11.9 Å². The topological polar surface area (TPSA) is 75.6 Å². The number of carbonyl (C=O) groups excluding carboxylic acids is 1. The van der Waals surface area contributed by atoms with E-state index in [0.29, 0.717) is 17.9 Å². The zero-order valence-electron chi connectivity index (χ0n) is 13.8. The quantitative estimate of drug-likeness (QED) is 0.758. The Bertz CT molecular complexity index is 782. The van der Waals surface area contributed by atoms with Crippen molar-refractivity contribution < 1.29 is 19.4 Å². The molecule has 1 unspecified atom stereocenters. The Morgan fingerprint density at radius 3 is 2.50 bits per heavy atom. The highest BCUT2D eigenvalue weighted by atomic mass is 16.5. The first-order valence-electron chi connectivity index (χ1n) is 7.70. The van der Waals surface area contributed by atoms with Crippen molar-refractivity contribution in [1.82, 2.24) is 0 Å². The highest BCUT2D eigenvalue weighted by Crippen LogP contribution is 2.32. The van der Waals surface area contributed by atoms with Gasteiger partial charge in [-0.1, -0.05) is 36.8 Å². The van der Waals surface area contributed by atoms with Gasteiger partial charge in [-0.15, -0.1) is 6.58 Å². The number of aliphatic carboxylic acids is 1. The minimum atomic E-state index is -1.04. The number of hydrogen-bond acceptors (Lipinski definition) is 3. The number of nitrogens with one attached hydrogen (secondary N) is 1. The zero-order valence-corrected chi connectivity index (χ0v) is 13.8. The average Bonchev–Trinajstić information content (AvgIpc) is 2.53. The second kappa shape index (κ2) is 7.64. The molecule has 0 saturated carbocycles. The molecule has 0 heterocycles. The Kier molecular flexibility index (Phi) is 5.58. The maximum Gasteiger partial charge on any atom is 0.341 e. The van der Waals surface area contributed by atoms with Crippen LogP contribution < -0.4 is 10.1 Å². The molecule has 126 valence electrons. The van der Waals surface area contributed by atoms with Gasteiger partial charge in [0.05, 0.1) is 0 Å². The van der Waals surface area contributed by atoms with Crippen molar-refractivity contribution in [3.8, 4) is 5.75 Å². The van der Waals surface area contributed by atoms with Crippen LogP contribution in [0.5, 0.6) is 5.75 Å². The minimum absolute atomic E-state index is 0.0812. The van der Waals surface area contributed by atoms with Gasteiger partial charge < -0.3 is 15.2 Å². The van der Waals surface area contributed by atoms with Crippen LogP contribution in [0.4, 0.5) is 5.69 Å². The molecule has 5 nitrogen and oxygen atoms in total. The predicted octanol–water partition coefficient (Wildman–Crippen LogP) is 3.84. The lowest BCUT2D eigenvalue weighted by molar-refractivity contribution is -0.139. The number of carboxylic acid groups (broad SMARTS) is 1. The van der Waals surface area contributed by atoms with Crippen molar-refractivity contribution in [2.24, 2.45) is 5.92 Å². The van der Waals surface area contributed by atoms with Crippen LogP contribution in [-0.4, -0.2) is 23.6 Å². The van der Waals surface area contributed by atoms with Crippen LogP contribution in [0.25, 0.3) is 10.8 Å². The fourth-order valence-electron chi connectivity index (χ4n) is 2.52. The summed E-state index contributed by atoms with van der Waals surface area (Å²) in [5, 5.41) is 13.3. The van der Waals surface area contributed by atoms with Gasteiger partial charge in [-0.05, 0) is 25.5 Å². The van der Waals surface area contributed by atoms with E-state index in [1.165, 1.54) is 0 Å². The monoisotopic (exact) mass is 327 g/mol. The van der Waals surface area contributed by atoms with Crippen LogP contribution in [-0.2, 0) is 9.59 Å². The van der Waals surface area contributed by atoms with Crippen molar-refractivity contribution in [2.45, 2.75) is 20.3 Å². The Labute approximate surface area is 140 Å². The van der Waals surface area contributed by atoms with Crippen molar-refractivity contribution in [1.29, 1.82) is 0 Å². The SMILES string of the molecule is C=C(C)CC(C)C(=O)Nc1ccc(OCC(=O)O)c2ccccc12. The number of fused-ring (bicyclic) bond motifs is 1. The normalized spacial score (nSPS) is 11.8.